The van der Waals surface area contributed by atoms with Crippen molar-refractivity contribution < 1.29 is 24.2 Å². The summed E-state index contributed by atoms with van der Waals surface area (Å²) in [5.74, 6) is 0.800. The zero-order chi connectivity index (χ0) is 19.7. The minimum absolute atomic E-state index is 0.0363. The predicted molar refractivity (Wildman–Crippen MR) is 104 cm³/mol. The third-order valence-corrected chi connectivity index (χ3v) is 5.44. The summed E-state index contributed by atoms with van der Waals surface area (Å²) in [6, 6.07) is 13.8. The molecule has 2 aliphatic rings. The third kappa shape index (κ3) is 3.33. The molecular formula is C20H19BrN2O5. The van der Waals surface area contributed by atoms with E-state index in [1.54, 1.807) is 30.3 Å². The summed E-state index contributed by atoms with van der Waals surface area (Å²) in [7, 11) is 0. The van der Waals surface area contributed by atoms with Crippen molar-refractivity contribution in [2.24, 2.45) is 0 Å². The quantitative estimate of drug-likeness (QED) is 0.688. The number of nitrogens with one attached hydrogen (secondary N) is 1. The fraction of sp³-hybridized carbons (Fsp3) is 0.300. The maximum absolute atomic E-state index is 13.1. The molecule has 0 radical (unpaired) electrons. The van der Waals surface area contributed by atoms with Gasteiger partial charge in [0.25, 0.3) is 5.91 Å². The van der Waals surface area contributed by atoms with E-state index < -0.39 is 17.7 Å². The molecule has 1 fully saturated rings. The van der Waals surface area contributed by atoms with Gasteiger partial charge in [-0.3, -0.25) is 9.69 Å². The number of nitrogens with zero attached hydrogens (tertiary/aromatic N) is 1. The lowest BCUT2D eigenvalue weighted by atomic mass is 9.84. The lowest BCUT2D eigenvalue weighted by Crippen LogP contribution is -2.48. The van der Waals surface area contributed by atoms with Gasteiger partial charge in [0, 0.05) is 16.5 Å². The van der Waals surface area contributed by atoms with E-state index in [1.807, 2.05) is 18.2 Å². The van der Waals surface area contributed by atoms with Crippen LogP contribution in [0.4, 0.5) is 4.79 Å². The van der Waals surface area contributed by atoms with Crippen LogP contribution in [-0.2, 0) is 10.3 Å². The number of halogens is 1. The molecule has 2 atom stereocenters. The lowest BCUT2D eigenvalue weighted by Gasteiger charge is -2.33. The number of rotatable bonds is 5. The van der Waals surface area contributed by atoms with Crippen molar-refractivity contribution in [2.45, 2.75) is 18.1 Å². The minimum atomic E-state index is -1.14. The number of benzene rings is 2. The molecule has 3 amide bonds. The van der Waals surface area contributed by atoms with E-state index in [-0.39, 0.29) is 19.1 Å². The number of fused-ring (bicyclic) bond motifs is 2. The largest absolute Gasteiger partial charge is 0.493 e. The van der Waals surface area contributed by atoms with E-state index in [0.717, 1.165) is 9.37 Å². The first-order valence-corrected chi connectivity index (χ1v) is 9.72. The Labute approximate surface area is 170 Å². The molecule has 7 nitrogen and oxygen atoms in total. The standard InChI is InChI=1S/C20H19BrN2O5/c21-13-5-7-15(8-6-13)28-12-14(24)11-23-18(25)20(22-19(23)26)9-10-27-17-4-2-1-3-16(17)20/h1-8,14,24H,9-12H2,(H,22,26)/t14-,20-/m0/s1. The van der Waals surface area contributed by atoms with Crippen LogP contribution in [0.25, 0.3) is 0 Å². The highest BCUT2D eigenvalue weighted by Gasteiger charge is 2.55. The Balaban J connectivity index is 1.45. The molecule has 2 N–H and O–H groups in total. The number of carbonyl (C=O) groups excluding carboxylic acids is 2. The monoisotopic (exact) mass is 446 g/mol. The number of β-amino-alcohol motifs (C(OH)–C–C–N with tert-alkyl or cyclic N) is 1. The highest BCUT2D eigenvalue weighted by atomic mass is 79.9. The molecular weight excluding hydrogens is 428 g/mol. The lowest BCUT2D eigenvalue weighted by molar-refractivity contribution is -0.133. The molecule has 0 aliphatic carbocycles. The van der Waals surface area contributed by atoms with Crippen LogP contribution in [0.2, 0.25) is 0 Å². The van der Waals surface area contributed by atoms with Crippen LogP contribution in [0.5, 0.6) is 11.5 Å². The number of para-hydroxylation sites is 1. The number of ether oxygens (including phenoxy) is 2. The van der Waals surface area contributed by atoms with Crippen LogP contribution in [0.15, 0.2) is 53.0 Å². The van der Waals surface area contributed by atoms with Crippen molar-refractivity contribution in [1.29, 1.82) is 0 Å². The molecule has 0 aromatic heterocycles. The Bertz CT molecular complexity index is 904. The van der Waals surface area contributed by atoms with Crippen LogP contribution in [0, 0.1) is 0 Å². The number of imide groups is 1. The number of urea groups is 1. The van der Waals surface area contributed by atoms with Gasteiger partial charge in [-0.05, 0) is 30.3 Å². The topological polar surface area (TPSA) is 88.1 Å². The van der Waals surface area contributed by atoms with E-state index in [2.05, 4.69) is 21.2 Å². The van der Waals surface area contributed by atoms with E-state index in [4.69, 9.17) is 9.47 Å². The fourth-order valence-electron chi connectivity index (χ4n) is 3.52. The second-order valence-electron chi connectivity index (χ2n) is 6.76. The number of carbonyl (C=O) groups is 2. The molecule has 0 bridgehead atoms. The number of aliphatic hydroxyl groups is 1. The van der Waals surface area contributed by atoms with Gasteiger partial charge in [-0.15, -0.1) is 0 Å². The van der Waals surface area contributed by atoms with Crippen molar-refractivity contribution in [3.63, 3.8) is 0 Å². The number of hydrogen-bond acceptors (Lipinski definition) is 5. The van der Waals surface area contributed by atoms with Gasteiger partial charge in [-0.1, -0.05) is 34.1 Å². The first-order chi connectivity index (χ1) is 13.5. The van der Waals surface area contributed by atoms with Crippen molar-refractivity contribution in [3.8, 4) is 11.5 Å². The maximum atomic E-state index is 13.1. The molecule has 2 aromatic carbocycles. The molecule has 1 saturated heterocycles. The van der Waals surface area contributed by atoms with Crippen LogP contribution in [-0.4, -0.2) is 47.8 Å². The van der Waals surface area contributed by atoms with Crippen LogP contribution in [0.3, 0.4) is 0 Å². The van der Waals surface area contributed by atoms with Crippen molar-refractivity contribution in [2.75, 3.05) is 19.8 Å². The SMILES string of the molecule is O=C1N[C@]2(CCOc3ccccc32)C(=O)N1C[C@H](O)COc1ccc(Br)cc1. The van der Waals surface area contributed by atoms with Crippen molar-refractivity contribution in [1.82, 2.24) is 10.2 Å². The second-order valence-corrected chi connectivity index (χ2v) is 7.68. The summed E-state index contributed by atoms with van der Waals surface area (Å²) in [6.45, 7) is 0.142. The van der Waals surface area contributed by atoms with E-state index in [9.17, 15) is 14.7 Å². The average Bonchev–Trinajstić information content (AvgIpc) is 2.93. The predicted octanol–water partition coefficient (Wildman–Crippen LogP) is 2.42. The van der Waals surface area contributed by atoms with Gasteiger partial charge >= 0.3 is 6.03 Å². The van der Waals surface area contributed by atoms with Gasteiger partial charge in [0.1, 0.15) is 24.2 Å². The Morgan fingerprint density at radius 2 is 1.96 bits per heavy atom. The van der Waals surface area contributed by atoms with Crippen LogP contribution in [0.1, 0.15) is 12.0 Å². The second kappa shape index (κ2) is 7.44. The Morgan fingerprint density at radius 3 is 2.75 bits per heavy atom. The number of hydrogen-bond donors (Lipinski definition) is 2. The molecule has 2 aliphatic heterocycles. The first-order valence-electron chi connectivity index (χ1n) is 8.92. The first kappa shape index (κ1) is 18.8. The molecule has 28 heavy (non-hydrogen) atoms. The Kier molecular flexibility index (Phi) is 4.99. The molecule has 4 rings (SSSR count). The van der Waals surface area contributed by atoms with Gasteiger partial charge in [0.2, 0.25) is 0 Å². The van der Waals surface area contributed by atoms with Crippen LogP contribution >= 0.6 is 15.9 Å². The normalized spacial score (nSPS) is 21.9. The van der Waals surface area contributed by atoms with Crippen molar-refractivity contribution >= 4 is 27.9 Å². The summed E-state index contributed by atoms with van der Waals surface area (Å²) in [5.41, 5.74) is -0.499. The zero-order valence-corrected chi connectivity index (χ0v) is 16.5. The third-order valence-electron chi connectivity index (χ3n) is 4.91. The highest BCUT2D eigenvalue weighted by Crippen LogP contribution is 2.40. The zero-order valence-electron chi connectivity index (χ0n) is 14.9. The molecule has 1 spiro atoms. The van der Waals surface area contributed by atoms with Gasteiger partial charge in [0.05, 0.1) is 13.2 Å². The summed E-state index contributed by atoms with van der Waals surface area (Å²) >= 11 is 3.34. The maximum Gasteiger partial charge on any atom is 0.325 e. The van der Waals surface area contributed by atoms with E-state index in [0.29, 0.717) is 30.1 Å². The van der Waals surface area contributed by atoms with Gasteiger partial charge in [0.15, 0.2) is 5.54 Å². The van der Waals surface area contributed by atoms with Gasteiger partial charge in [-0.2, -0.15) is 0 Å². The summed E-state index contributed by atoms with van der Waals surface area (Å²) in [5, 5.41) is 13.1. The van der Waals surface area contributed by atoms with Crippen molar-refractivity contribution in [3.05, 3.63) is 58.6 Å². The minimum Gasteiger partial charge on any atom is -0.493 e. The molecule has 2 heterocycles. The molecule has 0 unspecified atom stereocenters. The van der Waals surface area contributed by atoms with Crippen LogP contribution < -0.4 is 14.8 Å². The Morgan fingerprint density at radius 1 is 1.21 bits per heavy atom. The number of amides is 3. The average molecular weight is 447 g/mol. The fourth-order valence-corrected chi connectivity index (χ4v) is 3.79. The van der Waals surface area contributed by atoms with E-state index >= 15 is 0 Å². The van der Waals surface area contributed by atoms with E-state index in [1.165, 1.54) is 0 Å². The summed E-state index contributed by atoms with van der Waals surface area (Å²) in [4.78, 5) is 26.7. The smallest absolute Gasteiger partial charge is 0.325 e. The van der Waals surface area contributed by atoms with Gasteiger partial charge in [-0.25, -0.2) is 4.79 Å². The van der Waals surface area contributed by atoms with Gasteiger partial charge < -0.3 is 19.9 Å². The molecule has 2 aromatic rings. The highest BCUT2D eigenvalue weighted by molar-refractivity contribution is 9.10. The molecule has 146 valence electrons. The summed E-state index contributed by atoms with van der Waals surface area (Å²) in [6.07, 6.45) is -0.667. The molecule has 0 saturated carbocycles. The Hall–Kier alpha value is -2.58. The summed E-state index contributed by atoms with van der Waals surface area (Å²) < 4.78 is 12.1. The number of aliphatic hydroxyl groups excluding tert-OH is 1. The molecule has 8 heteroatoms.